The van der Waals surface area contributed by atoms with Crippen LogP contribution in [0.2, 0.25) is 0 Å². The van der Waals surface area contributed by atoms with E-state index >= 15 is 0 Å². The number of nitrogens with zero attached hydrogens (tertiary/aromatic N) is 3. The predicted octanol–water partition coefficient (Wildman–Crippen LogP) is 0.780. The third kappa shape index (κ3) is 4.16. The lowest BCUT2D eigenvalue weighted by Gasteiger charge is -2.11. The predicted molar refractivity (Wildman–Crippen MR) is 92.6 cm³/mol. The molecule has 0 aliphatic rings. The second-order valence-electron chi connectivity index (χ2n) is 6.50. The number of carbonyl (C=O) groups excluding carboxylic acids is 1. The first-order valence-corrected chi connectivity index (χ1v) is 8.54. The van der Waals surface area contributed by atoms with Crippen molar-refractivity contribution >= 4 is 17.1 Å². The average molecular weight is 351 g/mol. The smallest absolute Gasteiger partial charge is 0.322 e. The first-order valence-electron chi connectivity index (χ1n) is 8.54. The summed E-state index contributed by atoms with van der Waals surface area (Å²) in [5.74, 6) is 0.271. The van der Waals surface area contributed by atoms with Gasteiger partial charge in [-0.25, -0.2) is 15.3 Å². The SMILES string of the molecule is CCCCn1c(=O)[nH]c(=O)c2c1nc(CCC(=O)NO)n2CC(C)C. The summed E-state index contributed by atoms with van der Waals surface area (Å²) in [6.45, 7) is 7.05. The van der Waals surface area contributed by atoms with Crippen LogP contribution < -0.4 is 16.7 Å². The maximum absolute atomic E-state index is 12.4. The van der Waals surface area contributed by atoms with Crippen LogP contribution >= 0.6 is 0 Å². The van der Waals surface area contributed by atoms with E-state index in [1.165, 1.54) is 4.57 Å². The first kappa shape index (κ1) is 18.9. The molecule has 0 fully saturated rings. The zero-order chi connectivity index (χ0) is 18.6. The van der Waals surface area contributed by atoms with Crippen molar-refractivity contribution in [3.8, 4) is 0 Å². The molecule has 2 heterocycles. The molecule has 0 aliphatic carbocycles. The number of fused-ring (bicyclic) bond motifs is 1. The van der Waals surface area contributed by atoms with Crippen LogP contribution in [-0.2, 0) is 24.3 Å². The molecule has 0 unspecified atom stereocenters. The maximum Gasteiger partial charge on any atom is 0.330 e. The van der Waals surface area contributed by atoms with Crippen molar-refractivity contribution in [2.75, 3.05) is 0 Å². The summed E-state index contributed by atoms with van der Waals surface area (Å²) in [6.07, 6.45) is 1.99. The molecule has 0 atom stereocenters. The highest BCUT2D eigenvalue weighted by molar-refractivity contribution is 5.75. The molecule has 0 spiro atoms. The second kappa shape index (κ2) is 8.11. The van der Waals surface area contributed by atoms with E-state index in [4.69, 9.17) is 5.21 Å². The van der Waals surface area contributed by atoms with Crippen molar-refractivity contribution in [2.45, 2.75) is 59.5 Å². The molecular weight excluding hydrogens is 326 g/mol. The molecule has 0 aromatic carbocycles. The summed E-state index contributed by atoms with van der Waals surface area (Å²) in [5, 5.41) is 8.66. The summed E-state index contributed by atoms with van der Waals surface area (Å²) < 4.78 is 3.25. The van der Waals surface area contributed by atoms with Gasteiger partial charge in [0.15, 0.2) is 11.2 Å². The molecule has 2 rings (SSSR count). The van der Waals surface area contributed by atoms with Gasteiger partial charge in [0.2, 0.25) is 5.91 Å². The molecule has 0 saturated carbocycles. The number of nitrogens with one attached hydrogen (secondary N) is 2. The Morgan fingerprint density at radius 1 is 1.32 bits per heavy atom. The number of carbonyl (C=O) groups is 1. The molecule has 138 valence electrons. The molecule has 25 heavy (non-hydrogen) atoms. The van der Waals surface area contributed by atoms with Crippen LogP contribution in [0, 0.1) is 5.92 Å². The van der Waals surface area contributed by atoms with Gasteiger partial charge in [0.25, 0.3) is 5.56 Å². The molecule has 0 radical (unpaired) electrons. The largest absolute Gasteiger partial charge is 0.330 e. The van der Waals surface area contributed by atoms with Crippen molar-refractivity contribution in [3.05, 3.63) is 26.7 Å². The molecule has 0 bridgehead atoms. The minimum absolute atomic E-state index is 0.0367. The number of imidazole rings is 1. The minimum atomic E-state index is -0.527. The Bertz CT molecular complexity index is 862. The lowest BCUT2D eigenvalue weighted by atomic mass is 10.2. The Morgan fingerprint density at radius 3 is 2.64 bits per heavy atom. The monoisotopic (exact) mass is 351 g/mol. The molecule has 0 saturated heterocycles. The van der Waals surface area contributed by atoms with Crippen LogP contribution in [0.25, 0.3) is 11.2 Å². The van der Waals surface area contributed by atoms with Crippen molar-refractivity contribution in [1.82, 2.24) is 24.6 Å². The zero-order valence-electron chi connectivity index (χ0n) is 14.8. The van der Waals surface area contributed by atoms with Crippen LogP contribution in [-0.4, -0.2) is 30.2 Å². The topological polar surface area (TPSA) is 122 Å². The highest BCUT2D eigenvalue weighted by Gasteiger charge is 2.19. The third-order valence-electron chi connectivity index (χ3n) is 3.95. The van der Waals surface area contributed by atoms with E-state index in [9.17, 15) is 14.4 Å². The van der Waals surface area contributed by atoms with Gasteiger partial charge in [-0.3, -0.25) is 24.3 Å². The fraction of sp³-hybridized carbons (Fsp3) is 0.625. The average Bonchev–Trinajstić information content (AvgIpc) is 2.90. The van der Waals surface area contributed by atoms with Gasteiger partial charge in [0.05, 0.1) is 0 Å². The molecule has 2 aromatic rings. The van der Waals surface area contributed by atoms with Gasteiger partial charge in [0, 0.05) is 25.9 Å². The van der Waals surface area contributed by atoms with E-state index in [1.807, 2.05) is 20.8 Å². The molecule has 0 aliphatic heterocycles. The highest BCUT2D eigenvalue weighted by Crippen LogP contribution is 2.16. The highest BCUT2D eigenvalue weighted by atomic mass is 16.5. The van der Waals surface area contributed by atoms with Gasteiger partial charge in [-0.1, -0.05) is 27.2 Å². The molecule has 9 heteroatoms. The number of unbranched alkanes of at least 4 members (excludes halogenated alkanes) is 1. The van der Waals surface area contributed by atoms with E-state index in [0.717, 1.165) is 12.8 Å². The molecule has 1 amide bonds. The van der Waals surface area contributed by atoms with E-state index in [-0.39, 0.29) is 18.8 Å². The molecular formula is C16H25N5O4. The Hall–Kier alpha value is -2.42. The van der Waals surface area contributed by atoms with E-state index in [2.05, 4.69) is 9.97 Å². The number of aromatic nitrogens is 4. The van der Waals surface area contributed by atoms with Crippen LogP contribution in [0.3, 0.4) is 0 Å². The van der Waals surface area contributed by atoms with Gasteiger partial charge >= 0.3 is 5.69 Å². The fourth-order valence-corrected chi connectivity index (χ4v) is 2.78. The van der Waals surface area contributed by atoms with Gasteiger partial charge in [-0.05, 0) is 12.3 Å². The molecule has 3 N–H and O–H groups in total. The van der Waals surface area contributed by atoms with E-state index in [1.54, 1.807) is 10.0 Å². The number of hydroxylamine groups is 1. The van der Waals surface area contributed by atoms with Crippen LogP contribution in [0.5, 0.6) is 0 Å². The fourth-order valence-electron chi connectivity index (χ4n) is 2.78. The second-order valence-corrected chi connectivity index (χ2v) is 6.50. The van der Waals surface area contributed by atoms with E-state index in [0.29, 0.717) is 30.1 Å². The lowest BCUT2D eigenvalue weighted by molar-refractivity contribution is -0.129. The number of rotatable bonds is 8. The van der Waals surface area contributed by atoms with Crippen LogP contribution in [0.15, 0.2) is 9.59 Å². The maximum atomic E-state index is 12.4. The number of aryl methyl sites for hydroxylation is 2. The summed E-state index contributed by atoms with van der Waals surface area (Å²) in [6, 6.07) is 0. The van der Waals surface area contributed by atoms with Crippen LogP contribution in [0.1, 0.15) is 45.9 Å². The van der Waals surface area contributed by atoms with E-state index < -0.39 is 17.2 Å². The van der Waals surface area contributed by atoms with Crippen molar-refractivity contribution < 1.29 is 10.0 Å². The Balaban J connectivity index is 2.62. The normalized spacial score (nSPS) is 11.4. The molecule has 9 nitrogen and oxygen atoms in total. The summed E-state index contributed by atoms with van der Waals surface area (Å²) in [5.41, 5.74) is 1.34. The number of H-pyrrole nitrogens is 1. The first-order chi connectivity index (χ1) is 11.9. The van der Waals surface area contributed by atoms with Crippen molar-refractivity contribution in [2.24, 2.45) is 5.92 Å². The number of hydrogen-bond donors (Lipinski definition) is 3. The van der Waals surface area contributed by atoms with Gasteiger partial charge in [-0.2, -0.15) is 0 Å². The summed E-state index contributed by atoms with van der Waals surface area (Å²) in [7, 11) is 0. The Labute approximate surface area is 144 Å². The van der Waals surface area contributed by atoms with Gasteiger partial charge in [0.1, 0.15) is 5.82 Å². The van der Waals surface area contributed by atoms with Gasteiger partial charge in [-0.15, -0.1) is 0 Å². The van der Waals surface area contributed by atoms with Crippen LogP contribution in [0.4, 0.5) is 0 Å². The van der Waals surface area contributed by atoms with Crippen molar-refractivity contribution in [1.29, 1.82) is 0 Å². The summed E-state index contributed by atoms with van der Waals surface area (Å²) >= 11 is 0. The minimum Gasteiger partial charge on any atom is -0.322 e. The third-order valence-corrected chi connectivity index (χ3v) is 3.95. The van der Waals surface area contributed by atoms with Gasteiger partial charge < -0.3 is 4.57 Å². The number of hydrogen-bond acceptors (Lipinski definition) is 5. The summed E-state index contributed by atoms with van der Waals surface area (Å²) in [4.78, 5) is 42.8. The zero-order valence-corrected chi connectivity index (χ0v) is 14.8. The standard InChI is InChI=1S/C16H25N5O4/c1-4-5-8-20-14-13(15(23)18-16(20)24)21(9-10(2)3)11(17-14)6-7-12(22)19-25/h10,25H,4-9H2,1-3H3,(H,19,22)(H,18,23,24). The lowest BCUT2D eigenvalue weighted by Crippen LogP contribution is -2.31. The quantitative estimate of drug-likeness (QED) is 0.479. The van der Waals surface area contributed by atoms with Crippen molar-refractivity contribution in [3.63, 3.8) is 0 Å². The number of aromatic amines is 1. The molecule has 2 aromatic heterocycles. The number of amides is 1. The Kier molecular flexibility index (Phi) is 6.13. The Morgan fingerprint density at radius 2 is 2.04 bits per heavy atom.